The van der Waals surface area contributed by atoms with Crippen LogP contribution in [0.3, 0.4) is 0 Å². The monoisotopic (exact) mass is 188 g/mol. The molecule has 0 aromatic carbocycles. The average Bonchev–Trinajstić information content (AvgIpc) is 2.73. The van der Waals surface area contributed by atoms with E-state index in [1.165, 1.54) is 6.08 Å². The number of fused-ring (bicyclic) bond motifs is 5. The van der Waals surface area contributed by atoms with Crippen molar-refractivity contribution in [1.29, 1.82) is 0 Å². The van der Waals surface area contributed by atoms with Crippen LogP contribution in [0.25, 0.3) is 0 Å². The van der Waals surface area contributed by atoms with Crippen LogP contribution in [0.2, 0.25) is 0 Å². The molecule has 0 heterocycles. The third kappa shape index (κ3) is 0.813. The Labute approximate surface area is 82.7 Å². The summed E-state index contributed by atoms with van der Waals surface area (Å²) in [5, 5.41) is 0. The Balaban J connectivity index is 2.10. The molecule has 4 atom stereocenters. The first-order valence-electron chi connectivity index (χ1n) is 5.13. The fourth-order valence-corrected chi connectivity index (χ4v) is 3.21. The van der Waals surface area contributed by atoms with Crippen LogP contribution in [0.1, 0.15) is 13.3 Å². The van der Waals surface area contributed by atoms with E-state index in [0.29, 0.717) is 17.4 Å². The normalized spacial score (nSPS) is 44.2. The molecule has 0 N–H and O–H groups in total. The van der Waals surface area contributed by atoms with Crippen LogP contribution in [0, 0.1) is 23.7 Å². The van der Waals surface area contributed by atoms with Gasteiger partial charge in [0, 0.05) is 11.8 Å². The Morgan fingerprint density at radius 2 is 1.79 bits per heavy atom. The molecule has 0 unspecified atom stereocenters. The number of hydrogen-bond donors (Lipinski definition) is 0. The van der Waals surface area contributed by atoms with E-state index in [4.69, 9.17) is 0 Å². The quantitative estimate of drug-likeness (QED) is 0.540. The Hall–Kier alpha value is -1.18. The minimum Gasteiger partial charge on any atom is -0.294 e. The molecule has 14 heavy (non-hydrogen) atoms. The molecule has 0 saturated heterocycles. The van der Waals surface area contributed by atoms with E-state index in [-0.39, 0.29) is 23.4 Å². The van der Waals surface area contributed by atoms with Gasteiger partial charge >= 0.3 is 0 Å². The zero-order valence-corrected chi connectivity index (χ0v) is 8.07. The third-order valence-corrected chi connectivity index (χ3v) is 3.84. The summed E-state index contributed by atoms with van der Waals surface area (Å²) in [5.74, 6) is 0.995. The summed E-state index contributed by atoms with van der Waals surface area (Å²) in [6, 6.07) is 0. The fourth-order valence-electron chi connectivity index (χ4n) is 3.21. The van der Waals surface area contributed by atoms with Crippen LogP contribution in [-0.2, 0) is 9.59 Å². The number of hydrogen-bond acceptors (Lipinski definition) is 2. The standard InChI is InChI=1S/C12H12O2/c1-6-4-9(13)10-7-2-3-8(5-7)11(10)12(6)14/h2-4,7-8,10-11H,5H2,1H3/t7-,8-,10-,11+/m0/s1. The van der Waals surface area contributed by atoms with Gasteiger partial charge in [-0.3, -0.25) is 9.59 Å². The van der Waals surface area contributed by atoms with Crippen LogP contribution in [0.4, 0.5) is 0 Å². The third-order valence-electron chi connectivity index (χ3n) is 3.84. The average molecular weight is 188 g/mol. The highest BCUT2D eigenvalue weighted by Crippen LogP contribution is 2.51. The van der Waals surface area contributed by atoms with Crippen molar-refractivity contribution >= 4 is 11.6 Å². The summed E-state index contributed by atoms with van der Waals surface area (Å²) in [4.78, 5) is 23.6. The van der Waals surface area contributed by atoms with Crippen molar-refractivity contribution in [3.8, 4) is 0 Å². The first-order chi connectivity index (χ1) is 6.68. The van der Waals surface area contributed by atoms with Crippen LogP contribution in [-0.4, -0.2) is 11.6 Å². The SMILES string of the molecule is CC1=CC(=O)[C@H]2[C@H](C1=O)[C@H]1C=C[C@H]2C1. The number of ketones is 2. The minimum atomic E-state index is -0.0267. The van der Waals surface area contributed by atoms with Gasteiger partial charge in [-0.05, 0) is 36.8 Å². The lowest BCUT2D eigenvalue weighted by molar-refractivity contribution is -0.130. The maximum absolute atomic E-state index is 11.9. The number of allylic oxidation sites excluding steroid dienone is 4. The highest BCUT2D eigenvalue weighted by molar-refractivity contribution is 6.11. The molecule has 2 bridgehead atoms. The molecule has 0 aromatic rings. The lowest BCUT2D eigenvalue weighted by Crippen LogP contribution is -2.36. The van der Waals surface area contributed by atoms with Gasteiger partial charge in [0.25, 0.3) is 0 Å². The predicted molar refractivity (Wildman–Crippen MR) is 51.5 cm³/mol. The molecule has 0 aliphatic heterocycles. The number of carbonyl (C=O) groups is 2. The maximum atomic E-state index is 11.9. The summed E-state index contributed by atoms with van der Waals surface area (Å²) < 4.78 is 0. The van der Waals surface area contributed by atoms with Crippen molar-refractivity contribution in [1.82, 2.24) is 0 Å². The molecule has 0 amide bonds. The molecule has 3 rings (SSSR count). The summed E-state index contributed by atoms with van der Waals surface area (Å²) in [5.41, 5.74) is 0.650. The summed E-state index contributed by atoms with van der Waals surface area (Å²) >= 11 is 0. The van der Waals surface area contributed by atoms with E-state index < -0.39 is 0 Å². The van der Waals surface area contributed by atoms with Crippen molar-refractivity contribution in [2.24, 2.45) is 23.7 Å². The van der Waals surface area contributed by atoms with Gasteiger partial charge in [0.05, 0.1) is 0 Å². The maximum Gasteiger partial charge on any atom is 0.163 e. The first-order valence-corrected chi connectivity index (χ1v) is 5.13. The van der Waals surface area contributed by atoms with Crippen molar-refractivity contribution < 1.29 is 9.59 Å². The van der Waals surface area contributed by atoms with Crippen LogP contribution < -0.4 is 0 Å². The minimum absolute atomic E-state index is 0.0255. The van der Waals surface area contributed by atoms with Gasteiger partial charge in [-0.25, -0.2) is 0 Å². The Morgan fingerprint density at radius 1 is 1.14 bits per heavy atom. The Kier molecular flexibility index (Phi) is 1.42. The molecule has 2 nitrogen and oxygen atoms in total. The van der Waals surface area contributed by atoms with Crippen LogP contribution in [0.5, 0.6) is 0 Å². The Bertz CT molecular complexity index is 389. The van der Waals surface area contributed by atoms with Gasteiger partial charge in [0.15, 0.2) is 11.6 Å². The van der Waals surface area contributed by atoms with E-state index in [1.54, 1.807) is 6.92 Å². The van der Waals surface area contributed by atoms with Gasteiger partial charge in [0.2, 0.25) is 0 Å². The summed E-state index contributed by atoms with van der Waals surface area (Å²) in [7, 11) is 0. The summed E-state index contributed by atoms with van der Waals surface area (Å²) in [6.07, 6.45) is 6.78. The number of carbonyl (C=O) groups excluding carboxylic acids is 2. The van der Waals surface area contributed by atoms with Gasteiger partial charge in [-0.1, -0.05) is 12.2 Å². The zero-order chi connectivity index (χ0) is 9.87. The van der Waals surface area contributed by atoms with Crippen molar-refractivity contribution in [3.63, 3.8) is 0 Å². The first kappa shape index (κ1) is 8.16. The van der Waals surface area contributed by atoms with E-state index in [9.17, 15) is 9.59 Å². The highest BCUT2D eigenvalue weighted by Gasteiger charge is 2.52. The molecular formula is C12H12O2. The second-order valence-electron chi connectivity index (χ2n) is 4.59. The van der Waals surface area contributed by atoms with E-state index >= 15 is 0 Å². The molecular weight excluding hydrogens is 176 g/mol. The molecule has 1 fully saturated rings. The van der Waals surface area contributed by atoms with Crippen LogP contribution >= 0.6 is 0 Å². The topological polar surface area (TPSA) is 34.1 Å². The number of Topliss-reactive ketones (excluding diaryl/α,β-unsaturated/α-hetero) is 1. The molecule has 3 aliphatic carbocycles. The molecule has 0 radical (unpaired) electrons. The van der Waals surface area contributed by atoms with Crippen molar-refractivity contribution in [3.05, 3.63) is 23.8 Å². The fraction of sp³-hybridized carbons (Fsp3) is 0.500. The predicted octanol–water partition coefficient (Wildman–Crippen LogP) is 1.52. The van der Waals surface area contributed by atoms with Gasteiger partial charge < -0.3 is 0 Å². The van der Waals surface area contributed by atoms with E-state index in [2.05, 4.69) is 12.2 Å². The molecule has 3 aliphatic rings. The van der Waals surface area contributed by atoms with Crippen molar-refractivity contribution in [2.45, 2.75) is 13.3 Å². The number of rotatable bonds is 0. The zero-order valence-electron chi connectivity index (χ0n) is 8.07. The molecule has 0 aromatic heterocycles. The van der Waals surface area contributed by atoms with E-state index in [0.717, 1.165) is 6.42 Å². The molecule has 1 saturated carbocycles. The summed E-state index contributed by atoms with van der Waals surface area (Å²) in [6.45, 7) is 1.76. The second kappa shape index (κ2) is 2.44. The molecule has 72 valence electrons. The lowest BCUT2D eigenvalue weighted by atomic mass is 9.72. The molecule has 0 spiro atoms. The lowest BCUT2D eigenvalue weighted by Gasteiger charge is -2.28. The van der Waals surface area contributed by atoms with Crippen molar-refractivity contribution in [2.75, 3.05) is 0 Å². The van der Waals surface area contributed by atoms with Gasteiger partial charge in [-0.2, -0.15) is 0 Å². The second-order valence-corrected chi connectivity index (χ2v) is 4.59. The van der Waals surface area contributed by atoms with E-state index in [1.807, 2.05) is 0 Å². The smallest absolute Gasteiger partial charge is 0.163 e. The van der Waals surface area contributed by atoms with Gasteiger partial charge in [0.1, 0.15) is 0 Å². The van der Waals surface area contributed by atoms with Gasteiger partial charge in [-0.15, -0.1) is 0 Å². The molecule has 2 heteroatoms. The highest BCUT2D eigenvalue weighted by atomic mass is 16.1. The Morgan fingerprint density at radius 3 is 2.50 bits per heavy atom. The van der Waals surface area contributed by atoms with Crippen LogP contribution in [0.15, 0.2) is 23.8 Å². The largest absolute Gasteiger partial charge is 0.294 e.